The van der Waals surface area contributed by atoms with E-state index in [1.165, 1.54) is 19.3 Å². The number of hydrogen-bond acceptors (Lipinski definition) is 4. The molecule has 1 fully saturated rings. The Balaban J connectivity index is 2.21. The first kappa shape index (κ1) is 14.1. The summed E-state index contributed by atoms with van der Waals surface area (Å²) in [6.45, 7) is 3.59. The Hall–Kier alpha value is 0.0569. The van der Waals surface area contributed by atoms with Gasteiger partial charge in [-0.1, -0.05) is 0 Å². The number of nitrogens with two attached hydrogens (primary N) is 1. The monoisotopic (exact) mass is 246 g/mol. The van der Waals surface area contributed by atoms with Crippen molar-refractivity contribution < 1.29 is 9.16 Å². The molecular formula is C11H26N2O2Si. The predicted molar refractivity (Wildman–Crippen MR) is 69.2 cm³/mol. The van der Waals surface area contributed by atoms with E-state index in [0.717, 1.165) is 32.5 Å². The van der Waals surface area contributed by atoms with Gasteiger partial charge in [0.1, 0.15) is 0 Å². The van der Waals surface area contributed by atoms with E-state index < -0.39 is 9.76 Å². The van der Waals surface area contributed by atoms with E-state index in [2.05, 4.69) is 5.32 Å². The molecule has 5 heteroatoms. The van der Waals surface area contributed by atoms with Gasteiger partial charge in [-0.25, -0.2) is 0 Å². The third-order valence-corrected chi connectivity index (χ3v) is 4.88. The van der Waals surface area contributed by atoms with Crippen LogP contribution in [0.4, 0.5) is 0 Å². The second-order valence-electron chi connectivity index (χ2n) is 4.56. The summed E-state index contributed by atoms with van der Waals surface area (Å²) in [5.41, 5.74) is 5.43. The van der Waals surface area contributed by atoms with Gasteiger partial charge in [-0.3, -0.25) is 0 Å². The summed E-state index contributed by atoms with van der Waals surface area (Å²) >= 11 is 0. The van der Waals surface area contributed by atoms with Gasteiger partial charge in [0.25, 0.3) is 0 Å². The third-order valence-electron chi connectivity index (χ3n) is 3.15. The van der Waals surface area contributed by atoms with Crippen molar-refractivity contribution in [1.82, 2.24) is 5.32 Å². The lowest BCUT2D eigenvalue weighted by molar-refractivity contribution is -0.0341. The maximum atomic E-state index is 6.00. The van der Waals surface area contributed by atoms with Crippen molar-refractivity contribution in [2.75, 3.05) is 33.4 Å². The zero-order valence-electron chi connectivity index (χ0n) is 10.5. The second-order valence-corrected chi connectivity index (χ2v) is 6.72. The maximum Gasteiger partial charge on any atom is 0.193 e. The Labute approximate surface area is 101 Å². The fraction of sp³-hybridized carbons (Fsp3) is 1.00. The first-order valence-corrected chi connectivity index (χ1v) is 7.65. The SMILES string of the molecule is CO[SiH2]C1(CCCNCCN)CCCCO1. The Kier molecular flexibility index (Phi) is 7.23. The minimum Gasteiger partial charge on any atom is -0.424 e. The van der Waals surface area contributed by atoms with Gasteiger partial charge in [-0.2, -0.15) is 0 Å². The summed E-state index contributed by atoms with van der Waals surface area (Å²) < 4.78 is 11.4. The van der Waals surface area contributed by atoms with Gasteiger partial charge in [0, 0.05) is 26.8 Å². The molecule has 0 amide bonds. The normalized spacial score (nSPS) is 26.6. The van der Waals surface area contributed by atoms with E-state index in [0.29, 0.717) is 6.54 Å². The summed E-state index contributed by atoms with van der Waals surface area (Å²) in [5, 5.41) is 3.45. The van der Waals surface area contributed by atoms with Crippen molar-refractivity contribution in [2.45, 2.75) is 37.3 Å². The van der Waals surface area contributed by atoms with Crippen molar-refractivity contribution in [1.29, 1.82) is 0 Å². The summed E-state index contributed by atoms with van der Waals surface area (Å²) in [4.78, 5) is 0. The van der Waals surface area contributed by atoms with E-state index in [1.54, 1.807) is 0 Å². The van der Waals surface area contributed by atoms with Crippen molar-refractivity contribution in [3.8, 4) is 0 Å². The molecule has 1 saturated heterocycles. The van der Waals surface area contributed by atoms with Crippen LogP contribution in [-0.2, 0) is 9.16 Å². The Morgan fingerprint density at radius 2 is 2.31 bits per heavy atom. The molecule has 0 bridgehead atoms. The van der Waals surface area contributed by atoms with Crippen LogP contribution in [0.25, 0.3) is 0 Å². The highest BCUT2D eigenvalue weighted by atomic mass is 28.2. The molecule has 0 aliphatic carbocycles. The van der Waals surface area contributed by atoms with Crippen LogP contribution in [0, 0.1) is 0 Å². The van der Waals surface area contributed by atoms with E-state index in [1.807, 2.05) is 7.11 Å². The minimum absolute atomic E-state index is 0.122. The summed E-state index contributed by atoms with van der Waals surface area (Å²) in [6.07, 6.45) is 6.02. The summed E-state index contributed by atoms with van der Waals surface area (Å²) in [5.74, 6) is 0. The first-order valence-electron chi connectivity index (χ1n) is 6.37. The van der Waals surface area contributed by atoms with Gasteiger partial charge in [-0.05, 0) is 38.6 Å². The molecule has 1 rings (SSSR count). The maximum absolute atomic E-state index is 6.00. The van der Waals surface area contributed by atoms with Crippen LogP contribution in [0.5, 0.6) is 0 Å². The molecule has 0 spiro atoms. The molecule has 0 aromatic heterocycles. The fourth-order valence-corrected chi connectivity index (χ4v) is 3.86. The number of ether oxygens (including phenoxy) is 1. The van der Waals surface area contributed by atoms with E-state index in [9.17, 15) is 0 Å². The summed E-state index contributed by atoms with van der Waals surface area (Å²) in [7, 11) is 1.27. The Morgan fingerprint density at radius 3 is 2.94 bits per heavy atom. The van der Waals surface area contributed by atoms with Gasteiger partial charge < -0.3 is 20.2 Å². The van der Waals surface area contributed by atoms with Crippen LogP contribution in [0.2, 0.25) is 0 Å². The van der Waals surface area contributed by atoms with Gasteiger partial charge in [0.2, 0.25) is 0 Å². The van der Waals surface area contributed by atoms with Crippen molar-refractivity contribution >= 4 is 9.76 Å². The lowest BCUT2D eigenvalue weighted by Gasteiger charge is -2.36. The van der Waals surface area contributed by atoms with Crippen LogP contribution < -0.4 is 11.1 Å². The number of hydrogen-bond donors (Lipinski definition) is 2. The molecule has 3 N–H and O–H groups in total. The third kappa shape index (κ3) is 4.93. The van der Waals surface area contributed by atoms with E-state index >= 15 is 0 Å². The van der Waals surface area contributed by atoms with E-state index in [-0.39, 0.29) is 5.22 Å². The largest absolute Gasteiger partial charge is 0.424 e. The molecule has 16 heavy (non-hydrogen) atoms. The smallest absolute Gasteiger partial charge is 0.193 e. The highest BCUT2D eigenvalue weighted by molar-refractivity contribution is 6.31. The lowest BCUT2D eigenvalue weighted by atomic mass is 10.0. The average molecular weight is 246 g/mol. The van der Waals surface area contributed by atoms with Crippen LogP contribution in [0.3, 0.4) is 0 Å². The van der Waals surface area contributed by atoms with Crippen molar-refractivity contribution in [3.05, 3.63) is 0 Å². The first-order chi connectivity index (χ1) is 7.83. The van der Waals surface area contributed by atoms with E-state index in [4.69, 9.17) is 14.9 Å². The summed E-state index contributed by atoms with van der Waals surface area (Å²) in [6, 6.07) is 0. The van der Waals surface area contributed by atoms with Gasteiger partial charge in [0.15, 0.2) is 9.76 Å². The second kappa shape index (κ2) is 8.19. The van der Waals surface area contributed by atoms with Gasteiger partial charge in [0.05, 0.1) is 5.22 Å². The topological polar surface area (TPSA) is 56.5 Å². The molecule has 1 heterocycles. The molecule has 1 aliphatic rings. The molecule has 96 valence electrons. The molecule has 1 unspecified atom stereocenters. The van der Waals surface area contributed by atoms with Crippen LogP contribution in [0.15, 0.2) is 0 Å². The zero-order valence-corrected chi connectivity index (χ0v) is 11.9. The van der Waals surface area contributed by atoms with Crippen LogP contribution in [-0.4, -0.2) is 48.3 Å². The molecule has 1 aliphatic heterocycles. The molecule has 4 nitrogen and oxygen atoms in total. The number of nitrogens with one attached hydrogen (secondary N) is 1. The minimum atomic E-state index is -0.545. The fourth-order valence-electron chi connectivity index (χ4n) is 2.32. The van der Waals surface area contributed by atoms with Crippen molar-refractivity contribution in [2.24, 2.45) is 5.73 Å². The standard InChI is InChI=1S/C11H26N2O2Si/c1-14-16-11(5-2-3-10-15-11)6-4-8-13-9-7-12/h13H,2-10,12,16H2,1H3. The molecule has 0 aromatic carbocycles. The van der Waals surface area contributed by atoms with Crippen LogP contribution in [0.1, 0.15) is 32.1 Å². The predicted octanol–water partition coefficient (Wildman–Crippen LogP) is -0.0581. The molecular weight excluding hydrogens is 220 g/mol. The molecule has 0 radical (unpaired) electrons. The van der Waals surface area contributed by atoms with Crippen molar-refractivity contribution in [3.63, 3.8) is 0 Å². The quantitative estimate of drug-likeness (QED) is 0.465. The number of rotatable bonds is 8. The zero-order chi connectivity index (χ0) is 11.7. The average Bonchev–Trinajstić information content (AvgIpc) is 2.30. The molecule has 0 aromatic rings. The Bertz CT molecular complexity index is 170. The molecule has 0 saturated carbocycles. The molecule has 1 atom stereocenters. The highest BCUT2D eigenvalue weighted by Crippen LogP contribution is 2.28. The lowest BCUT2D eigenvalue weighted by Crippen LogP contribution is -2.43. The van der Waals surface area contributed by atoms with Gasteiger partial charge in [-0.15, -0.1) is 0 Å². The van der Waals surface area contributed by atoms with Gasteiger partial charge >= 0.3 is 0 Å². The Morgan fingerprint density at radius 1 is 1.44 bits per heavy atom. The van der Waals surface area contributed by atoms with Crippen LogP contribution >= 0.6 is 0 Å². The highest BCUT2D eigenvalue weighted by Gasteiger charge is 2.33.